The van der Waals surface area contributed by atoms with Gasteiger partial charge in [0.05, 0.1) is 30.4 Å². The minimum atomic E-state index is -0.953. The summed E-state index contributed by atoms with van der Waals surface area (Å²) in [5.41, 5.74) is 2.15. The number of rotatable bonds is 7. The van der Waals surface area contributed by atoms with E-state index in [1.165, 1.54) is 17.0 Å². The van der Waals surface area contributed by atoms with Crippen LogP contribution in [-0.4, -0.2) is 35.1 Å². The van der Waals surface area contributed by atoms with E-state index in [9.17, 15) is 19.8 Å². The highest BCUT2D eigenvalue weighted by Gasteiger charge is 2.47. The number of aromatic hydroxyl groups is 1. The number of phenols is 1. The molecule has 0 spiro atoms. The zero-order valence-corrected chi connectivity index (χ0v) is 19.8. The van der Waals surface area contributed by atoms with E-state index in [1.807, 2.05) is 26.0 Å². The average molecular weight is 474 g/mol. The summed E-state index contributed by atoms with van der Waals surface area (Å²) in [5.74, 6) is -1.10. The van der Waals surface area contributed by atoms with Gasteiger partial charge in [-0.25, -0.2) is 0 Å². The Morgan fingerprint density at radius 2 is 1.66 bits per heavy atom. The van der Waals surface area contributed by atoms with Gasteiger partial charge in [0.2, 0.25) is 0 Å². The van der Waals surface area contributed by atoms with E-state index in [0.29, 0.717) is 36.0 Å². The maximum atomic E-state index is 13.3. The maximum absolute atomic E-state index is 13.3. The van der Waals surface area contributed by atoms with Crippen molar-refractivity contribution in [2.45, 2.75) is 26.8 Å². The smallest absolute Gasteiger partial charge is 0.300 e. The summed E-state index contributed by atoms with van der Waals surface area (Å²) >= 11 is 0. The number of aryl methyl sites for hydroxylation is 1. The number of hydrogen-bond donors (Lipinski definition) is 2. The highest BCUT2D eigenvalue weighted by atomic mass is 16.5. The molecule has 1 unspecified atom stereocenters. The molecule has 1 amide bonds. The summed E-state index contributed by atoms with van der Waals surface area (Å²) in [6.45, 7) is 6.36. The lowest BCUT2D eigenvalue weighted by Crippen LogP contribution is -2.29. The molecule has 1 fully saturated rings. The van der Waals surface area contributed by atoms with Gasteiger partial charge in [0.25, 0.3) is 11.7 Å². The van der Waals surface area contributed by atoms with E-state index in [4.69, 9.17) is 9.47 Å². The fraction of sp³-hybridized carbons (Fsp3) is 0.214. The molecule has 1 saturated heterocycles. The molecule has 0 saturated carbocycles. The number of phenolic OH excluding ortho intramolecular Hbond substituents is 1. The summed E-state index contributed by atoms with van der Waals surface area (Å²) in [5, 5.41) is 21.6. The molecule has 180 valence electrons. The van der Waals surface area contributed by atoms with Crippen LogP contribution in [0.3, 0.4) is 0 Å². The maximum Gasteiger partial charge on any atom is 0.300 e. The molecule has 1 heterocycles. The molecule has 0 radical (unpaired) electrons. The number of anilines is 1. The van der Waals surface area contributed by atoms with Crippen LogP contribution in [0.4, 0.5) is 5.69 Å². The van der Waals surface area contributed by atoms with Crippen molar-refractivity contribution in [2.75, 3.05) is 18.1 Å². The van der Waals surface area contributed by atoms with Gasteiger partial charge >= 0.3 is 0 Å². The Kier molecular flexibility index (Phi) is 6.78. The molecule has 3 aromatic rings. The van der Waals surface area contributed by atoms with Gasteiger partial charge in [-0.15, -0.1) is 0 Å². The largest absolute Gasteiger partial charge is 0.508 e. The van der Waals surface area contributed by atoms with E-state index >= 15 is 0 Å². The number of ether oxygens (including phenoxy) is 2. The first-order valence-corrected chi connectivity index (χ1v) is 11.4. The van der Waals surface area contributed by atoms with Crippen molar-refractivity contribution in [3.63, 3.8) is 0 Å². The van der Waals surface area contributed by atoms with Gasteiger partial charge in [0.1, 0.15) is 23.0 Å². The zero-order valence-electron chi connectivity index (χ0n) is 19.8. The van der Waals surface area contributed by atoms with E-state index in [0.717, 1.165) is 5.56 Å². The van der Waals surface area contributed by atoms with Crippen LogP contribution in [0.25, 0.3) is 5.76 Å². The number of ketones is 1. The molecule has 0 aromatic heterocycles. The van der Waals surface area contributed by atoms with Crippen molar-refractivity contribution in [3.8, 4) is 17.2 Å². The summed E-state index contributed by atoms with van der Waals surface area (Å²) in [6, 6.07) is 17.4. The second-order valence-corrected chi connectivity index (χ2v) is 8.12. The third-order valence-corrected chi connectivity index (χ3v) is 5.76. The summed E-state index contributed by atoms with van der Waals surface area (Å²) in [4.78, 5) is 28.0. The molecule has 35 heavy (non-hydrogen) atoms. The number of carbonyl (C=O) groups excluding carboxylic acids is 2. The van der Waals surface area contributed by atoms with Gasteiger partial charge in [0, 0.05) is 11.8 Å². The molecule has 7 heteroatoms. The van der Waals surface area contributed by atoms with Crippen LogP contribution in [0.15, 0.2) is 72.3 Å². The Morgan fingerprint density at radius 3 is 2.31 bits per heavy atom. The molecule has 0 aliphatic carbocycles. The number of carbonyl (C=O) groups is 2. The first kappa shape index (κ1) is 23.9. The van der Waals surface area contributed by atoms with Crippen LogP contribution in [-0.2, 0) is 9.59 Å². The predicted octanol–water partition coefficient (Wildman–Crippen LogP) is 5.12. The van der Waals surface area contributed by atoms with Crippen molar-refractivity contribution >= 4 is 23.1 Å². The Labute approximate surface area is 203 Å². The molecule has 2 N–H and O–H groups in total. The molecule has 3 aromatic carbocycles. The topological polar surface area (TPSA) is 96.3 Å². The fourth-order valence-corrected chi connectivity index (χ4v) is 4.19. The number of aliphatic hydroxyl groups excluding tert-OH is 1. The lowest BCUT2D eigenvalue weighted by Gasteiger charge is -2.26. The molecule has 4 rings (SSSR count). The molecule has 1 atom stereocenters. The van der Waals surface area contributed by atoms with Gasteiger partial charge in [-0.2, -0.15) is 0 Å². The monoisotopic (exact) mass is 473 g/mol. The van der Waals surface area contributed by atoms with Crippen molar-refractivity contribution in [1.82, 2.24) is 0 Å². The standard InChI is InChI=1S/C28H27NO6/c1-4-34-21-13-14-22(23(16-21)35-5-2)26(31)24-25(18-7-6-8-20(30)15-18)29(28(33)27(24)32)19-11-9-17(3)10-12-19/h6-16,25,30-31H,4-5H2,1-3H3/b26-24-. The van der Waals surface area contributed by atoms with Crippen LogP contribution < -0.4 is 14.4 Å². The number of aliphatic hydroxyl groups is 1. The highest BCUT2D eigenvalue weighted by molar-refractivity contribution is 6.51. The van der Waals surface area contributed by atoms with Crippen LogP contribution in [0, 0.1) is 6.92 Å². The van der Waals surface area contributed by atoms with E-state index in [2.05, 4.69) is 0 Å². The highest BCUT2D eigenvalue weighted by Crippen LogP contribution is 2.44. The minimum Gasteiger partial charge on any atom is -0.508 e. The number of hydrogen-bond acceptors (Lipinski definition) is 6. The minimum absolute atomic E-state index is 0.0203. The number of amides is 1. The Hall–Kier alpha value is -4.26. The van der Waals surface area contributed by atoms with Crippen LogP contribution in [0.2, 0.25) is 0 Å². The second kappa shape index (κ2) is 9.93. The number of benzene rings is 3. The zero-order chi connectivity index (χ0) is 25.1. The van der Waals surface area contributed by atoms with Crippen molar-refractivity contribution in [2.24, 2.45) is 0 Å². The van der Waals surface area contributed by atoms with Gasteiger partial charge in [-0.05, 0) is 62.7 Å². The average Bonchev–Trinajstić information content (AvgIpc) is 3.10. The molecular weight excluding hydrogens is 446 g/mol. The Morgan fingerprint density at radius 1 is 0.943 bits per heavy atom. The molecular formula is C28H27NO6. The summed E-state index contributed by atoms with van der Waals surface area (Å²) in [7, 11) is 0. The van der Waals surface area contributed by atoms with Crippen molar-refractivity contribution < 1.29 is 29.3 Å². The molecule has 1 aliphatic heterocycles. The fourth-order valence-electron chi connectivity index (χ4n) is 4.19. The van der Waals surface area contributed by atoms with Crippen LogP contribution >= 0.6 is 0 Å². The Balaban J connectivity index is 1.94. The summed E-state index contributed by atoms with van der Waals surface area (Å²) < 4.78 is 11.3. The van der Waals surface area contributed by atoms with Gasteiger partial charge in [-0.3, -0.25) is 14.5 Å². The normalized spacial score (nSPS) is 17.0. The van der Waals surface area contributed by atoms with E-state index < -0.39 is 17.7 Å². The third kappa shape index (κ3) is 4.57. The first-order chi connectivity index (χ1) is 16.8. The SMILES string of the molecule is CCOc1ccc(/C(O)=C2/C(=O)C(=O)N(c3ccc(C)cc3)C2c2cccc(O)c2)c(OCC)c1. The van der Waals surface area contributed by atoms with E-state index in [1.54, 1.807) is 49.4 Å². The van der Waals surface area contributed by atoms with Gasteiger partial charge < -0.3 is 19.7 Å². The first-order valence-electron chi connectivity index (χ1n) is 11.4. The second-order valence-electron chi connectivity index (χ2n) is 8.12. The van der Waals surface area contributed by atoms with Crippen molar-refractivity contribution in [1.29, 1.82) is 0 Å². The number of Topliss-reactive ketones (excluding diaryl/α,β-unsaturated/α-hetero) is 1. The van der Waals surface area contributed by atoms with Gasteiger partial charge in [0.15, 0.2) is 0 Å². The van der Waals surface area contributed by atoms with Crippen LogP contribution in [0.5, 0.6) is 17.2 Å². The molecule has 1 aliphatic rings. The Bertz CT molecular complexity index is 1300. The lowest BCUT2D eigenvalue weighted by atomic mass is 9.94. The number of nitrogens with zero attached hydrogens (tertiary/aromatic N) is 1. The quantitative estimate of drug-likeness (QED) is 0.281. The molecule has 7 nitrogen and oxygen atoms in total. The van der Waals surface area contributed by atoms with Crippen molar-refractivity contribution in [3.05, 3.63) is 89.0 Å². The van der Waals surface area contributed by atoms with Crippen LogP contribution in [0.1, 0.15) is 36.6 Å². The molecule has 0 bridgehead atoms. The third-order valence-electron chi connectivity index (χ3n) is 5.76. The lowest BCUT2D eigenvalue weighted by molar-refractivity contribution is -0.132. The summed E-state index contributed by atoms with van der Waals surface area (Å²) in [6.07, 6.45) is 0. The van der Waals surface area contributed by atoms with Gasteiger partial charge in [-0.1, -0.05) is 29.8 Å². The predicted molar refractivity (Wildman–Crippen MR) is 133 cm³/mol. The van der Waals surface area contributed by atoms with E-state index in [-0.39, 0.29) is 22.6 Å².